The van der Waals surface area contributed by atoms with E-state index in [-0.39, 0.29) is 43.2 Å². The van der Waals surface area contributed by atoms with Crippen molar-refractivity contribution in [2.24, 2.45) is 0 Å². The molecule has 2 aliphatic rings. The molecular weight excluding hydrogens is 452 g/mol. The number of nitrogens with zero attached hydrogens (tertiary/aromatic N) is 2. The first-order valence-corrected chi connectivity index (χ1v) is 11.8. The third-order valence-corrected chi connectivity index (χ3v) is 7.10. The topological polar surface area (TPSA) is 68.4 Å². The quantitative estimate of drug-likeness (QED) is 0.644. The number of carbonyl (C=O) groups excluding carboxylic acids is 2. The molecule has 4 rings (SSSR count). The summed E-state index contributed by atoms with van der Waals surface area (Å²) in [5.41, 5.74) is 1.66. The highest BCUT2D eigenvalue weighted by molar-refractivity contribution is 5.99. The summed E-state index contributed by atoms with van der Waals surface area (Å²) in [6, 6.07) is 2.39. The van der Waals surface area contributed by atoms with Crippen LogP contribution in [0, 0.1) is 12.7 Å². The van der Waals surface area contributed by atoms with Crippen LogP contribution in [-0.4, -0.2) is 70.5 Å². The van der Waals surface area contributed by atoms with E-state index in [1.54, 1.807) is 13.0 Å². The molecule has 1 saturated heterocycles. The van der Waals surface area contributed by atoms with Crippen LogP contribution in [0.2, 0.25) is 0 Å². The molecule has 1 aliphatic heterocycles. The van der Waals surface area contributed by atoms with Crippen LogP contribution in [0.1, 0.15) is 55.1 Å². The van der Waals surface area contributed by atoms with Crippen LogP contribution in [0.4, 0.5) is 17.6 Å². The molecule has 2 fully saturated rings. The zero-order valence-electron chi connectivity index (χ0n) is 19.3. The maximum absolute atomic E-state index is 14.1. The van der Waals surface area contributed by atoms with Crippen LogP contribution in [0.5, 0.6) is 0 Å². The molecule has 1 saturated carbocycles. The van der Waals surface area contributed by atoms with Gasteiger partial charge >= 0.3 is 6.18 Å². The molecule has 34 heavy (non-hydrogen) atoms. The molecule has 0 bridgehead atoms. The van der Waals surface area contributed by atoms with E-state index < -0.39 is 23.9 Å². The van der Waals surface area contributed by atoms with Gasteiger partial charge < -0.3 is 15.2 Å². The first-order chi connectivity index (χ1) is 16.1. The Hall–Kier alpha value is -2.62. The van der Waals surface area contributed by atoms with Gasteiger partial charge in [0.1, 0.15) is 17.6 Å². The molecule has 1 unspecified atom stereocenters. The average molecular weight is 483 g/mol. The highest BCUT2D eigenvalue weighted by atomic mass is 19.4. The predicted molar refractivity (Wildman–Crippen MR) is 120 cm³/mol. The minimum Gasteiger partial charge on any atom is -0.350 e. The molecule has 1 aromatic heterocycles. The van der Waals surface area contributed by atoms with Gasteiger partial charge in [-0.25, -0.2) is 4.39 Å². The van der Waals surface area contributed by atoms with Gasteiger partial charge in [-0.2, -0.15) is 13.2 Å². The summed E-state index contributed by atoms with van der Waals surface area (Å²) in [6.45, 7) is 3.57. The number of aryl methyl sites for hydroxylation is 1. The van der Waals surface area contributed by atoms with E-state index in [0.717, 1.165) is 29.7 Å². The number of amides is 2. The Labute approximate surface area is 195 Å². The van der Waals surface area contributed by atoms with Gasteiger partial charge in [0.05, 0.1) is 5.52 Å². The van der Waals surface area contributed by atoms with Crippen LogP contribution in [-0.2, 0) is 4.79 Å². The van der Waals surface area contributed by atoms with E-state index in [1.807, 2.05) is 11.8 Å². The molecule has 1 aliphatic carbocycles. The maximum atomic E-state index is 14.1. The van der Waals surface area contributed by atoms with Crippen LogP contribution in [0.15, 0.2) is 18.2 Å². The Morgan fingerprint density at radius 1 is 1.21 bits per heavy atom. The fourth-order valence-corrected chi connectivity index (χ4v) is 5.25. The predicted octanol–water partition coefficient (Wildman–Crippen LogP) is 4.14. The zero-order valence-corrected chi connectivity index (χ0v) is 19.3. The lowest BCUT2D eigenvalue weighted by atomic mass is 9.89. The Bertz CT molecular complexity index is 1030. The number of benzene rings is 1. The summed E-state index contributed by atoms with van der Waals surface area (Å²) in [5, 5.41) is 3.33. The summed E-state index contributed by atoms with van der Waals surface area (Å²) >= 11 is 0. The van der Waals surface area contributed by atoms with Crippen molar-refractivity contribution in [1.82, 2.24) is 20.1 Å². The molecule has 6 nitrogen and oxygen atoms in total. The summed E-state index contributed by atoms with van der Waals surface area (Å²) in [5.74, 6) is -1.25. The lowest BCUT2D eigenvalue weighted by Crippen LogP contribution is -2.63. The second kappa shape index (κ2) is 9.56. The molecule has 0 radical (unpaired) electrons. The van der Waals surface area contributed by atoms with Crippen LogP contribution >= 0.6 is 0 Å². The van der Waals surface area contributed by atoms with E-state index in [1.165, 1.54) is 12.1 Å². The van der Waals surface area contributed by atoms with Crippen LogP contribution in [0.3, 0.4) is 0 Å². The number of fused-ring (bicyclic) bond motifs is 1. The van der Waals surface area contributed by atoms with Crippen molar-refractivity contribution in [2.45, 2.75) is 70.3 Å². The molecule has 3 atom stereocenters. The van der Waals surface area contributed by atoms with Crippen molar-refractivity contribution >= 4 is 22.7 Å². The Morgan fingerprint density at radius 2 is 1.97 bits per heavy atom. The Morgan fingerprint density at radius 3 is 2.65 bits per heavy atom. The van der Waals surface area contributed by atoms with Gasteiger partial charge in [-0.05, 0) is 50.3 Å². The highest BCUT2D eigenvalue weighted by Gasteiger charge is 2.49. The van der Waals surface area contributed by atoms with Crippen LogP contribution < -0.4 is 5.32 Å². The monoisotopic (exact) mass is 482 g/mol. The van der Waals surface area contributed by atoms with Gasteiger partial charge in [0.2, 0.25) is 5.91 Å². The zero-order chi connectivity index (χ0) is 24.6. The van der Waals surface area contributed by atoms with E-state index in [2.05, 4.69) is 10.3 Å². The van der Waals surface area contributed by atoms with Gasteiger partial charge in [0, 0.05) is 43.5 Å². The Balaban J connectivity index is 1.42. The molecule has 2 heterocycles. The number of hydrogen-bond donors (Lipinski definition) is 2. The van der Waals surface area contributed by atoms with E-state index >= 15 is 0 Å². The number of carbonyl (C=O) groups is 2. The normalized spacial score (nSPS) is 24.4. The number of aromatic amines is 1. The van der Waals surface area contributed by atoms with Gasteiger partial charge in [0.25, 0.3) is 5.91 Å². The van der Waals surface area contributed by atoms with E-state index in [4.69, 9.17) is 0 Å². The molecule has 2 aromatic rings. The van der Waals surface area contributed by atoms with Crippen molar-refractivity contribution < 1.29 is 27.2 Å². The number of aromatic nitrogens is 1. The second-order valence-electron chi connectivity index (χ2n) is 9.32. The van der Waals surface area contributed by atoms with Crippen molar-refractivity contribution in [2.75, 3.05) is 19.6 Å². The number of hydrogen-bond acceptors (Lipinski definition) is 3. The molecule has 10 heteroatoms. The minimum absolute atomic E-state index is 0.0429. The van der Waals surface area contributed by atoms with Crippen molar-refractivity contribution in [3.8, 4) is 0 Å². The standard InChI is InChI=1S/C24H30F4N4O2/c1-3-21(33)32-10-9-31(13-20(32)24(26,27)28)16-6-4-5-15(11-16)29-23(34)19-12-17-18(25)8-7-14(2)22(17)30-19/h7-8,12,15-16,20,30H,3-6,9-11,13H2,1-2H3,(H,29,34)/t15-,16+,20?/m1/s1. The molecule has 186 valence electrons. The SMILES string of the molecule is CCC(=O)N1CCN([C@H]2CCC[C@@H](NC(=O)c3cc4c(F)ccc(C)c4[nH]3)C2)CC1C(F)(F)F. The van der Waals surface area contributed by atoms with E-state index in [0.29, 0.717) is 23.9 Å². The average Bonchev–Trinajstić information content (AvgIpc) is 3.27. The lowest BCUT2D eigenvalue weighted by molar-refractivity contribution is -0.203. The molecule has 2 amide bonds. The smallest absolute Gasteiger partial charge is 0.350 e. The number of alkyl halides is 3. The minimum atomic E-state index is -4.49. The van der Waals surface area contributed by atoms with Crippen molar-refractivity contribution in [3.05, 3.63) is 35.3 Å². The summed E-state index contributed by atoms with van der Waals surface area (Å²) in [4.78, 5) is 30.7. The molecule has 1 aromatic carbocycles. The number of rotatable bonds is 4. The summed E-state index contributed by atoms with van der Waals surface area (Å²) in [7, 11) is 0. The third kappa shape index (κ3) is 4.92. The van der Waals surface area contributed by atoms with Gasteiger partial charge in [-0.3, -0.25) is 14.5 Å². The molecule has 2 N–H and O–H groups in total. The first kappa shape index (κ1) is 24.5. The summed E-state index contributed by atoms with van der Waals surface area (Å²) < 4.78 is 55.2. The number of halogens is 4. The fraction of sp³-hybridized carbons (Fsp3) is 0.583. The number of piperazine rings is 1. The summed E-state index contributed by atoms with van der Waals surface area (Å²) in [6.07, 6.45) is -1.66. The third-order valence-electron chi connectivity index (χ3n) is 7.10. The second-order valence-corrected chi connectivity index (χ2v) is 9.32. The largest absolute Gasteiger partial charge is 0.410 e. The van der Waals surface area contributed by atoms with Gasteiger partial charge in [-0.15, -0.1) is 0 Å². The molecule has 0 spiro atoms. The Kier molecular flexibility index (Phi) is 6.89. The lowest BCUT2D eigenvalue weighted by Gasteiger charge is -2.46. The van der Waals surface area contributed by atoms with Gasteiger partial charge in [0.15, 0.2) is 0 Å². The number of nitrogens with one attached hydrogen (secondary N) is 2. The van der Waals surface area contributed by atoms with Crippen LogP contribution in [0.25, 0.3) is 10.9 Å². The van der Waals surface area contributed by atoms with E-state index in [9.17, 15) is 27.2 Å². The fourth-order valence-electron chi connectivity index (χ4n) is 5.25. The van der Waals surface area contributed by atoms with Crippen molar-refractivity contribution in [3.63, 3.8) is 0 Å². The molecular formula is C24H30F4N4O2. The first-order valence-electron chi connectivity index (χ1n) is 11.8. The number of H-pyrrole nitrogens is 1. The van der Waals surface area contributed by atoms with Crippen molar-refractivity contribution in [1.29, 1.82) is 0 Å². The highest BCUT2D eigenvalue weighted by Crippen LogP contribution is 2.32. The maximum Gasteiger partial charge on any atom is 0.410 e. The van der Waals surface area contributed by atoms with Gasteiger partial charge in [-0.1, -0.05) is 13.0 Å².